The zero-order valence-electron chi connectivity index (χ0n) is 17.4. The van der Waals surface area contributed by atoms with Crippen LogP contribution in [0.25, 0.3) is 0 Å². The highest BCUT2D eigenvalue weighted by atomic mass is 32.2. The lowest BCUT2D eigenvalue weighted by atomic mass is 10.1. The highest BCUT2D eigenvalue weighted by Crippen LogP contribution is 2.54. The largest absolute Gasteiger partial charge is 0.743 e. The van der Waals surface area contributed by atoms with Gasteiger partial charge in [-0.1, -0.05) is 0 Å². The van der Waals surface area contributed by atoms with Crippen molar-refractivity contribution < 1.29 is 71.1 Å². The van der Waals surface area contributed by atoms with Gasteiger partial charge in [-0.2, -0.15) is 48.3 Å². The van der Waals surface area contributed by atoms with E-state index < -0.39 is 46.1 Å². The predicted octanol–water partition coefficient (Wildman–Crippen LogP) is 4.81. The van der Waals surface area contributed by atoms with Crippen molar-refractivity contribution in [3.05, 3.63) is 23.3 Å². The summed E-state index contributed by atoms with van der Waals surface area (Å²) >= 11 is 0. The van der Waals surface area contributed by atoms with Crippen molar-refractivity contribution in [2.45, 2.75) is 48.1 Å². The topological polar surface area (TPSA) is 86.7 Å². The molecule has 1 aromatic rings. The molecule has 1 N–H and O–H groups in total. The number of aryl methyl sites for hydroxylation is 2. The molecule has 0 fully saturated rings. The second-order valence-corrected chi connectivity index (χ2v) is 10.3. The van der Waals surface area contributed by atoms with E-state index in [2.05, 4.69) is 29.4 Å². The molecule has 0 aliphatic heterocycles. The monoisotopic (exact) mass is 562 g/mol. The van der Waals surface area contributed by atoms with Crippen molar-refractivity contribution in [3.63, 3.8) is 0 Å². The van der Waals surface area contributed by atoms with Gasteiger partial charge in [0, 0.05) is 10.9 Å². The molecule has 200 valence electrons. The third kappa shape index (κ3) is 7.00. The minimum atomic E-state index is -7.57. The van der Waals surface area contributed by atoms with Crippen LogP contribution in [0.2, 0.25) is 0 Å². The molecule has 0 aliphatic carbocycles. The normalized spacial score (nSPS) is 14.1. The molecular weight excluding hydrogens is 545 g/mol. The highest BCUT2D eigenvalue weighted by molar-refractivity contribution is 7.95. The van der Waals surface area contributed by atoms with E-state index in [0.717, 1.165) is 11.1 Å². The van der Waals surface area contributed by atoms with Crippen LogP contribution in [0, 0.1) is 13.8 Å². The molecule has 1 aromatic carbocycles. The minimum absolute atomic E-state index is 0.281. The third-order valence-electron chi connectivity index (χ3n) is 3.79. The molecule has 0 saturated carbocycles. The van der Waals surface area contributed by atoms with Crippen molar-refractivity contribution in [1.82, 2.24) is 0 Å². The summed E-state index contributed by atoms with van der Waals surface area (Å²) in [6, 6.07) is 4.12. The molecule has 0 amide bonds. The summed E-state index contributed by atoms with van der Waals surface area (Å²) in [6.07, 6.45) is -8.24. The Bertz CT molecular complexity index is 938. The zero-order chi connectivity index (χ0) is 27.7. The van der Waals surface area contributed by atoms with Gasteiger partial charge in [-0.3, -0.25) is 0 Å². The van der Waals surface area contributed by atoms with Crippen LogP contribution in [-0.4, -0.2) is 66.6 Å². The third-order valence-corrected chi connectivity index (χ3v) is 5.86. The molecule has 0 heterocycles. The Morgan fingerprint density at radius 2 is 1.26 bits per heavy atom. The van der Waals surface area contributed by atoms with Gasteiger partial charge >= 0.3 is 29.4 Å². The fourth-order valence-corrected chi connectivity index (χ4v) is 3.20. The van der Waals surface area contributed by atoms with Crippen molar-refractivity contribution >= 4 is 21.0 Å². The van der Waals surface area contributed by atoms with Gasteiger partial charge in [0.25, 0.3) is 0 Å². The van der Waals surface area contributed by atoms with E-state index in [4.69, 9.17) is 0 Å². The van der Waals surface area contributed by atoms with Gasteiger partial charge in [-0.15, -0.1) is 0 Å². The van der Waals surface area contributed by atoms with Crippen molar-refractivity contribution in [3.8, 4) is 5.75 Å². The Morgan fingerprint density at radius 1 is 0.882 bits per heavy atom. The summed E-state index contributed by atoms with van der Waals surface area (Å²) in [7, 11) is -7.29. The maximum Gasteiger partial charge on any atom is 0.426 e. The SMILES string of the molecule is Cc1cc([S+](C)C)cc(C)c1O.O=S(=O)([O-])C(F)(F)C(F)(F)C(F)(F)C(F)(F)OCC(F)(F)F. The Morgan fingerprint density at radius 3 is 1.56 bits per heavy atom. The zero-order valence-corrected chi connectivity index (χ0v) is 19.0. The Kier molecular flexibility index (Phi) is 9.76. The van der Waals surface area contributed by atoms with Crippen LogP contribution < -0.4 is 0 Å². The van der Waals surface area contributed by atoms with Crippen LogP contribution in [0.3, 0.4) is 0 Å². The average Bonchev–Trinajstić information content (AvgIpc) is 2.62. The summed E-state index contributed by atoms with van der Waals surface area (Å²) in [6.45, 7) is 0.638. The number of benzene rings is 1. The number of aromatic hydroxyl groups is 1. The molecule has 0 saturated heterocycles. The summed E-state index contributed by atoms with van der Waals surface area (Å²) in [5.41, 5.74) is 1.96. The number of halogens is 11. The molecule has 0 aromatic heterocycles. The quantitative estimate of drug-likeness (QED) is 0.293. The molecule has 34 heavy (non-hydrogen) atoms. The number of hydrogen-bond donors (Lipinski definition) is 1. The summed E-state index contributed by atoms with van der Waals surface area (Å²) in [5, 5.41) is 2.26. The number of hydrogen-bond acceptors (Lipinski definition) is 5. The van der Waals surface area contributed by atoms with Gasteiger partial charge in [0.15, 0.2) is 15.0 Å². The van der Waals surface area contributed by atoms with Gasteiger partial charge in [-0.25, -0.2) is 8.42 Å². The summed E-state index contributed by atoms with van der Waals surface area (Å²) in [4.78, 5) is 1.32. The van der Waals surface area contributed by atoms with E-state index in [9.17, 15) is 66.4 Å². The van der Waals surface area contributed by atoms with Gasteiger partial charge in [0.2, 0.25) is 0 Å². The van der Waals surface area contributed by atoms with E-state index in [0.29, 0.717) is 5.75 Å². The maximum atomic E-state index is 12.7. The highest BCUT2D eigenvalue weighted by Gasteiger charge is 2.84. The number of phenolic OH excluding ortho intramolecular Hbond substituents is 1. The van der Waals surface area contributed by atoms with E-state index in [-0.39, 0.29) is 10.9 Å². The van der Waals surface area contributed by atoms with Crippen LogP contribution >= 0.6 is 0 Å². The van der Waals surface area contributed by atoms with Crippen LogP contribution in [0.4, 0.5) is 48.3 Å². The lowest BCUT2D eigenvalue weighted by Gasteiger charge is -2.36. The molecule has 0 bridgehead atoms. The van der Waals surface area contributed by atoms with E-state index in [1.54, 1.807) is 0 Å². The fraction of sp³-hybridized carbons (Fsp3) is 0.625. The molecule has 0 unspecified atom stereocenters. The van der Waals surface area contributed by atoms with Crippen LogP contribution in [-0.2, 0) is 25.7 Å². The molecule has 5 nitrogen and oxygen atoms in total. The Labute approximate surface area is 189 Å². The molecule has 0 radical (unpaired) electrons. The molecule has 0 spiro atoms. The first-order chi connectivity index (χ1) is 14.7. The van der Waals surface area contributed by atoms with E-state index >= 15 is 0 Å². The molecular formula is C16H17F11O5S2. The lowest BCUT2D eigenvalue weighted by molar-refractivity contribution is -0.427. The number of alkyl halides is 11. The first-order valence-electron chi connectivity index (χ1n) is 8.28. The first-order valence-corrected chi connectivity index (χ1v) is 11.7. The van der Waals surface area contributed by atoms with Crippen molar-refractivity contribution in [2.75, 3.05) is 19.1 Å². The summed E-state index contributed by atoms with van der Waals surface area (Å²) in [5.74, 6) is -14.6. The smallest absolute Gasteiger partial charge is 0.426 e. The molecule has 1 rings (SSSR count). The second-order valence-electron chi connectivity index (χ2n) is 6.76. The molecule has 18 heteroatoms. The average molecular weight is 562 g/mol. The number of phenols is 1. The van der Waals surface area contributed by atoms with Gasteiger partial charge in [0.1, 0.15) is 24.9 Å². The maximum absolute atomic E-state index is 12.7. The lowest BCUT2D eigenvalue weighted by Crippen LogP contribution is -2.65. The van der Waals surface area contributed by atoms with E-state index in [1.807, 2.05) is 13.8 Å². The van der Waals surface area contributed by atoms with Crippen LogP contribution in [0.5, 0.6) is 5.75 Å². The minimum Gasteiger partial charge on any atom is -0.743 e. The van der Waals surface area contributed by atoms with Crippen molar-refractivity contribution in [2.24, 2.45) is 0 Å². The predicted molar refractivity (Wildman–Crippen MR) is 96.6 cm³/mol. The fourth-order valence-electron chi connectivity index (χ4n) is 1.94. The molecule has 0 atom stereocenters. The van der Waals surface area contributed by atoms with Gasteiger partial charge in [0.05, 0.1) is 0 Å². The Balaban J connectivity index is 0.000000757. The number of ether oxygens (including phenoxy) is 1. The molecule has 0 aliphatic rings. The summed E-state index contributed by atoms with van der Waals surface area (Å²) < 4.78 is 167. The number of rotatable bonds is 7. The van der Waals surface area contributed by atoms with Crippen molar-refractivity contribution in [1.29, 1.82) is 0 Å². The van der Waals surface area contributed by atoms with Gasteiger partial charge < -0.3 is 14.4 Å². The van der Waals surface area contributed by atoms with E-state index in [1.165, 1.54) is 4.90 Å². The Hall–Kier alpha value is -1.53. The standard InChI is InChI=1S/C10H14OS.C6H3F11O4S/c1-7-5-9(12(3)4)6-8(2)10(7)11;7-2(8,9)1-21-5(14,15)3(10,11)4(12,13)6(16,17)22(18,19)20/h5-6H,1-4H3;1H2,(H,18,19,20). The second kappa shape index (κ2) is 10.2. The first kappa shape index (κ1) is 32.5. The van der Waals surface area contributed by atoms with Gasteiger partial charge in [-0.05, 0) is 37.1 Å². The van der Waals surface area contributed by atoms with Crippen LogP contribution in [0.1, 0.15) is 11.1 Å². The van der Waals surface area contributed by atoms with Crippen LogP contribution in [0.15, 0.2) is 17.0 Å².